The number of rotatable bonds is 3. The fourth-order valence-corrected chi connectivity index (χ4v) is 2.59. The Kier molecular flexibility index (Phi) is 4.01. The minimum Gasteiger partial charge on any atom is -0.409 e. The number of amidine groups is 1. The van der Waals surface area contributed by atoms with Crippen molar-refractivity contribution >= 4 is 17.6 Å². The van der Waals surface area contributed by atoms with Gasteiger partial charge in [0.05, 0.1) is 0 Å². The Morgan fingerprint density at radius 2 is 2.05 bits per heavy atom. The third kappa shape index (κ3) is 3.45. The standard InChI is InChI=1S/C13H14N4OS/c1-8-5-9(2)16-12(6-8)19-11-7-10(3-4-15-11)13(14)17-18/h3-7,18H,1-2H3,(H2,14,17). The smallest absolute Gasteiger partial charge is 0.170 e. The van der Waals surface area contributed by atoms with Crippen molar-refractivity contribution in [3.8, 4) is 0 Å². The maximum Gasteiger partial charge on any atom is 0.170 e. The van der Waals surface area contributed by atoms with Gasteiger partial charge in [0.1, 0.15) is 10.1 Å². The molecule has 2 rings (SSSR count). The van der Waals surface area contributed by atoms with Crippen LogP contribution in [0.2, 0.25) is 0 Å². The summed E-state index contributed by atoms with van der Waals surface area (Å²) in [5, 5.41) is 13.3. The molecule has 0 fully saturated rings. The summed E-state index contributed by atoms with van der Waals surface area (Å²) in [6.45, 7) is 3.98. The van der Waals surface area contributed by atoms with E-state index in [-0.39, 0.29) is 5.84 Å². The molecule has 0 radical (unpaired) electrons. The van der Waals surface area contributed by atoms with E-state index < -0.39 is 0 Å². The van der Waals surface area contributed by atoms with Crippen molar-refractivity contribution in [1.29, 1.82) is 0 Å². The molecule has 0 aliphatic carbocycles. The highest BCUT2D eigenvalue weighted by Gasteiger charge is 2.05. The Bertz CT molecular complexity index is 608. The molecule has 0 atom stereocenters. The van der Waals surface area contributed by atoms with Crippen molar-refractivity contribution in [3.05, 3.63) is 47.3 Å². The molecule has 0 aliphatic rings. The second-order valence-electron chi connectivity index (χ2n) is 4.09. The molecule has 5 nitrogen and oxygen atoms in total. The van der Waals surface area contributed by atoms with Crippen molar-refractivity contribution in [2.24, 2.45) is 10.9 Å². The summed E-state index contributed by atoms with van der Waals surface area (Å²) >= 11 is 1.44. The summed E-state index contributed by atoms with van der Waals surface area (Å²) in [7, 11) is 0. The summed E-state index contributed by atoms with van der Waals surface area (Å²) in [6.07, 6.45) is 1.62. The molecule has 3 N–H and O–H groups in total. The first kappa shape index (κ1) is 13.4. The molecule has 0 spiro atoms. The number of aryl methyl sites for hydroxylation is 2. The quantitative estimate of drug-likeness (QED) is 0.388. The van der Waals surface area contributed by atoms with E-state index in [2.05, 4.69) is 15.1 Å². The predicted molar refractivity (Wildman–Crippen MR) is 74.6 cm³/mol. The number of oxime groups is 1. The number of nitrogens with two attached hydrogens (primary N) is 1. The van der Waals surface area contributed by atoms with Gasteiger partial charge >= 0.3 is 0 Å². The van der Waals surface area contributed by atoms with Crippen LogP contribution in [0.25, 0.3) is 0 Å². The number of aromatic nitrogens is 2. The van der Waals surface area contributed by atoms with Crippen molar-refractivity contribution in [1.82, 2.24) is 9.97 Å². The van der Waals surface area contributed by atoms with Gasteiger partial charge in [-0.3, -0.25) is 0 Å². The van der Waals surface area contributed by atoms with Crippen molar-refractivity contribution in [2.75, 3.05) is 0 Å². The van der Waals surface area contributed by atoms with Gasteiger partial charge in [0.2, 0.25) is 0 Å². The average molecular weight is 274 g/mol. The van der Waals surface area contributed by atoms with Gasteiger partial charge in [-0.05, 0) is 43.7 Å². The van der Waals surface area contributed by atoms with E-state index in [9.17, 15) is 0 Å². The van der Waals surface area contributed by atoms with Crippen LogP contribution < -0.4 is 5.73 Å². The van der Waals surface area contributed by atoms with Gasteiger partial charge in [-0.15, -0.1) is 0 Å². The fourth-order valence-electron chi connectivity index (χ4n) is 1.65. The molecule has 2 heterocycles. The molecule has 0 unspecified atom stereocenters. The van der Waals surface area contributed by atoms with Crippen LogP contribution in [0.4, 0.5) is 0 Å². The lowest BCUT2D eigenvalue weighted by molar-refractivity contribution is 0.318. The zero-order valence-corrected chi connectivity index (χ0v) is 11.5. The molecule has 0 amide bonds. The molecule has 19 heavy (non-hydrogen) atoms. The molecule has 2 aromatic heterocycles. The van der Waals surface area contributed by atoms with Gasteiger partial charge in [0.25, 0.3) is 0 Å². The first-order chi connectivity index (χ1) is 9.08. The summed E-state index contributed by atoms with van der Waals surface area (Å²) in [4.78, 5) is 8.68. The topological polar surface area (TPSA) is 84.4 Å². The second kappa shape index (κ2) is 5.71. The fraction of sp³-hybridized carbons (Fsp3) is 0.154. The molecule has 98 valence electrons. The molecule has 0 saturated heterocycles. The first-order valence-electron chi connectivity index (χ1n) is 5.65. The number of hydrogen-bond acceptors (Lipinski definition) is 5. The predicted octanol–water partition coefficient (Wildman–Crippen LogP) is 2.34. The van der Waals surface area contributed by atoms with Crippen LogP contribution in [0.15, 0.2) is 45.7 Å². The van der Waals surface area contributed by atoms with Gasteiger partial charge in [0.15, 0.2) is 5.84 Å². The number of pyridine rings is 2. The van der Waals surface area contributed by atoms with Crippen LogP contribution in [-0.4, -0.2) is 21.0 Å². The van der Waals surface area contributed by atoms with E-state index in [1.807, 2.05) is 26.0 Å². The molecular formula is C13H14N4OS. The summed E-state index contributed by atoms with van der Waals surface area (Å²) in [5.74, 6) is 0.0673. The monoisotopic (exact) mass is 274 g/mol. The number of nitrogens with zero attached hydrogens (tertiary/aromatic N) is 3. The van der Waals surface area contributed by atoms with E-state index in [0.717, 1.165) is 21.3 Å². The Morgan fingerprint density at radius 3 is 2.74 bits per heavy atom. The van der Waals surface area contributed by atoms with Gasteiger partial charge in [-0.25, -0.2) is 9.97 Å². The second-order valence-corrected chi connectivity index (χ2v) is 5.13. The van der Waals surface area contributed by atoms with Crippen LogP contribution >= 0.6 is 11.8 Å². The lowest BCUT2D eigenvalue weighted by atomic mass is 10.2. The lowest BCUT2D eigenvalue weighted by Crippen LogP contribution is -2.13. The highest BCUT2D eigenvalue weighted by Crippen LogP contribution is 2.25. The highest BCUT2D eigenvalue weighted by molar-refractivity contribution is 7.99. The van der Waals surface area contributed by atoms with Crippen LogP contribution in [0.5, 0.6) is 0 Å². The zero-order chi connectivity index (χ0) is 13.8. The van der Waals surface area contributed by atoms with Crippen LogP contribution in [0.1, 0.15) is 16.8 Å². The van der Waals surface area contributed by atoms with E-state index in [1.54, 1.807) is 18.3 Å². The van der Waals surface area contributed by atoms with Gasteiger partial charge < -0.3 is 10.9 Å². The highest BCUT2D eigenvalue weighted by atomic mass is 32.2. The van der Waals surface area contributed by atoms with Crippen molar-refractivity contribution < 1.29 is 5.21 Å². The molecular weight excluding hydrogens is 260 g/mol. The third-order valence-corrected chi connectivity index (χ3v) is 3.27. The zero-order valence-electron chi connectivity index (χ0n) is 10.7. The summed E-state index contributed by atoms with van der Waals surface area (Å²) in [6, 6.07) is 7.47. The average Bonchev–Trinajstić information content (AvgIpc) is 2.37. The molecule has 0 aromatic carbocycles. The van der Waals surface area contributed by atoms with Gasteiger partial charge in [0, 0.05) is 17.5 Å². The molecule has 6 heteroatoms. The lowest BCUT2D eigenvalue weighted by Gasteiger charge is -2.04. The van der Waals surface area contributed by atoms with E-state index in [0.29, 0.717) is 5.56 Å². The Balaban J connectivity index is 2.28. The molecule has 0 saturated carbocycles. The summed E-state index contributed by atoms with van der Waals surface area (Å²) in [5.41, 5.74) is 8.30. The Hall–Kier alpha value is -2.08. The Morgan fingerprint density at radius 1 is 1.26 bits per heavy atom. The van der Waals surface area contributed by atoms with Crippen molar-refractivity contribution in [3.63, 3.8) is 0 Å². The van der Waals surface area contributed by atoms with Crippen LogP contribution in [0.3, 0.4) is 0 Å². The minimum atomic E-state index is 0.0673. The van der Waals surface area contributed by atoms with E-state index >= 15 is 0 Å². The first-order valence-corrected chi connectivity index (χ1v) is 6.47. The maximum atomic E-state index is 8.67. The van der Waals surface area contributed by atoms with Crippen molar-refractivity contribution in [2.45, 2.75) is 23.9 Å². The largest absolute Gasteiger partial charge is 0.409 e. The van der Waals surface area contributed by atoms with E-state index in [4.69, 9.17) is 10.9 Å². The van der Waals surface area contributed by atoms with Gasteiger partial charge in [-0.1, -0.05) is 16.9 Å². The maximum absolute atomic E-state index is 8.67. The normalized spacial score (nSPS) is 11.6. The SMILES string of the molecule is Cc1cc(C)nc(Sc2cc(/C(N)=N/O)ccn2)c1. The summed E-state index contributed by atoms with van der Waals surface area (Å²) < 4.78 is 0. The van der Waals surface area contributed by atoms with Gasteiger partial charge in [-0.2, -0.15) is 0 Å². The van der Waals surface area contributed by atoms with Crippen LogP contribution in [-0.2, 0) is 0 Å². The van der Waals surface area contributed by atoms with E-state index in [1.165, 1.54) is 11.8 Å². The third-order valence-electron chi connectivity index (χ3n) is 2.42. The molecule has 0 aliphatic heterocycles. The van der Waals surface area contributed by atoms with Crippen LogP contribution in [0, 0.1) is 13.8 Å². The Labute approximate surface area is 115 Å². The minimum absolute atomic E-state index is 0.0673. The molecule has 0 bridgehead atoms. The molecule has 2 aromatic rings. The number of hydrogen-bond donors (Lipinski definition) is 2.